The zero-order chi connectivity index (χ0) is 23.4. The molecule has 4 rings (SSSR count). The second-order valence-electron chi connectivity index (χ2n) is 7.68. The molecule has 0 saturated heterocycles. The highest BCUT2D eigenvalue weighted by Gasteiger charge is 2.14. The van der Waals surface area contributed by atoms with Crippen molar-refractivity contribution in [2.75, 3.05) is 19.0 Å². The molecule has 3 aromatic carbocycles. The molecular formula is C26H23ClFN3O2. The molecule has 168 valence electrons. The summed E-state index contributed by atoms with van der Waals surface area (Å²) in [6.45, 7) is 0.355. The average Bonchev–Trinajstić information content (AvgIpc) is 3.29. The van der Waals surface area contributed by atoms with Crippen molar-refractivity contribution in [1.29, 1.82) is 0 Å². The number of carbonyl (C=O) groups is 1. The summed E-state index contributed by atoms with van der Waals surface area (Å²) in [5, 5.41) is 3.50. The van der Waals surface area contributed by atoms with Crippen LogP contribution in [-0.4, -0.2) is 24.6 Å². The molecule has 0 aliphatic heterocycles. The molecule has 0 atom stereocenters. The Morgan fingerprint density at radius 2 is 1.67 bits per heavy atom. The van der Waals surface area contributed by atoms with Gasteiger partial charge < -0.3 is 19.5 Å². The Morgan fingerprint density at radius 3 is 2.30 bits per heavy atom. The number of anilines is 1. The maximum absolute atomic E-state index is 13.0. The van der Waals surface area contributed by atoms with Crippen LogP contribution in [0.3, 0.4) is 0 Å². The number of aromatic nitrogens is 1. The van der Waals surface area contributed by atoms with Gasteiger partial charge in [-0.05, 0) is 72.3 Å². The summed E-state index contributed by atoms with van der Waals surface area (Å²) in [5.41, 5.74) is 3.13. The van der Waals surface area contributed by atoms with E-state index in [9.17, 15) is 9.18 Å². The minimum atomic E-state index is -0.313. The lowest BCUT2D eigenvalue weighted by Gasteiger charge is -2.16. The zero-order valence-corrected chi connectivity index (χ0v) is 19.0. The monoisotopic (exact) mass is 463 g/mol. The van der Waals surface area contributed by atoms with Gasteiger partial charge in [0.2, 0.25) is 0 Å². The number of benzene rings is 3. The van der Waals surface area contributed by atoms with Gasteiger partial charge in [0, 0.05) is 32.5 Å². The number of ether oxygens (including phenoxy) is 1. The van der Waals surface area contributed by atoms with E-state index < -0.39 is 0 Å². The Bertz CT molecular complexity index is 1250. The third-order valence-electron chi connectivity index (χ3n) is 5.11. The Kier molecular flexibility index (Phi) is 6.66. The quantitative estimate of drug-likeness (QED) is 0.362. The molecule has 7 heteroatoms. The topological polar surface area (TPSA) is 46.5 Å². The minimum absolute atomic E-state index is 0.209. The van der Waals surface area contributed by atoms with Gasteiger partial charge in [-0.1, -0.05) is 23.7 Å². The van der Waals surface area contributed by atoms with Gasteiger partial charge in [-0.2, -0.15) is 0 Å². The van der Waals surface area contributed by atoms with Crippen LogP contribution in [0.1, 0.15) is 16.1 Å². The maximum Gasteiger partial charge on any atom is 0.268 e. The second-order valence-corrected chi connectivity index (χ2v) is 8.08. The van der Waals surface area contributed by atoms with Crippen molar-refractivity contribution in [3.8, 4) is 17.2 Å². The van der Waals surface area contributed by atoms with Crippen molar-refractivity contribution >= 4 is 23.2 Å². The van der Waals surface area contributed by atoms with Crippen molar-refractivity contribution in [3.63, 3.8) is 0 Å². The molecule has 1 aromatic heterocycles. The Balaban J connectivity index is 1.41. The predicted octanol–water partition coefficient (Wildman–Crippen LogP) is 6.06. The number of amides is 1. The van der Waals surface area contributed by atoms with Crippen molar-refractivity contribution in [2.24, 2.45) is 0 Å². The highest BCUT2D eigenvalue weighted by atomic mass is 35.5. The molecule has 4 aromatic rings. The van der Waals surface area contributed by atoms with Crippen molar-refractivity contribution in [2.45, 2.75) is 6.54 Å². The molecule has 0 saturated carbocycles. The van der Waals surface area contributed by atoms with Crippen LogP contribution in [-0.2, 0) is 6.54 Å². The van der Waals surface area contributed by atoms with Gasteiger partial charge in [-0.25, -0.2) is 4.39 Å². The first-order valence-corrected chi connectivity index (χ1v) is 10.7. The minimum Gasteiger partial charge on any atom is -0.457 e. The molecule has 0 spiro atoms. The van der Waals surface area contributed by atoms with Gasteiger partial charge in [0.05, 0.1) is 10.7 Å². The standard InChI is InChI=1S/C26H23ClFN3O2/c1-30(2)20-9-14-24(23(27)16-20)31-15-3-4-25(31)26(32)29-17-18-5-10-21(11-6-18)33-22-12-7-19(28)8-13-22/h3-16H,17H2,1-2H3,(H,29,32). The number of halogens is 2. The van der Waals surface area contributed by atoms with Gasteiger partial charge in [0.15, 0.2) is 0 Å². The average molecular weight is 464 g/mol. The zero-order valence-electron chi connectivity index (χ0n) is 18.3. The molecule has 0 aliphatic carbocycles. The molecule has 5 nitrogen and oxygen atoms in total. The molecule has 0 fully saturated rings. The van der Waals surface area contributed by atoms with Crippen LogP contribution in [0.25, 0.3) is 5.69 Å². The molecule has 0 bridgehead atoms. The van der Waals surface area contributed by atoms with E-state index in [2.05, 4.69) is 5.32 Å². The van der Waals surface area contributed by atoms with E-state index in [0.717, 1.165) is 16.9 Å². The summed E-state index contributed by atoms with van der Waals surface area (Å²) in [6.07, 6.45) is 1.81. The van der Waals surface area contributed by atoms with Crippen molar-refractivity contribution in [1.82, 2.24) is 9.88 Å². The lowest BCUT2D eigenvalue weighted by Crippen LogP contribution is -2.25. The number of hydrogen-bond donors (Lipinski definition) is 1. The molecule has 1 N–H and O–H groups in total. The number of rotatable bonds is 7. The Labute approximate surface area is 197 Å². The van der Waals surface area contributed by atoms with E-state index in [-0.39, 0.29) is 11.7 Å². The fourth-order valence-electron chi connectivity index (χ4n) is 3.33. The van der Waals surface area contributed by atoms with Gasteiger partial charge in [0.1, 0.15) is 23.0 Å². The highest BCUT2D eigenvalue weighted by molar-refractivity contribution is 6.32. The summed E-state index contributed by atoms with van der Waals surface area (Å²) < 4.78 is 20.5. The second kappa shape index (κ2) is 9.79. The van der Waals surface area contributed by atoms with Gasteiger partial charge in [-0.3, -0.25) is 4.79 Å². The Hall–Kier alpha value is -3.77. The van der Waals surface area contributed by atoms with Crippen LogP contribution >= 0.6 is 11.6 Å². The van der Waals surface area contributed by atoms with Gasteiger partial charge in [0.25, 0.3) is 5.91 Å². The first kappa shape index (κ1) is 22.4. The predicted molar refractivity (Wildman–Crippen MR) is 129 cm³/mol. The smallest absolute Gasteiger partial charge is 0.268 e. The summed E-state index contributed by atoms with van der Waals surface area (Å²) >= 11 is 6.49. The van der Waals surface area contributed by atoms with E-state index in [1.807, 2.05) is 61.6 Å². The lowest BCUT2D eigenvalue weighted by atomic mass is 10.2. The third-order valence-corrected chi connectivity index (χ3v) is 5.42. The van der Waals surface area contributed by atoms with Crippen LogP contribution in [0.5, 0.6) is 11.5 Å². The maximum atomic E-state index is 13.0. The number of nitrogens with zero attached hydrogens (tertiary/aromatic N) is 2. The van der Waals surface area contributed by atoms with Crippen LogP contribution in [0.2, 0.25) is 5.02 Å². The molecule has 0 radical (unpaired) electrons. The number of carbonyl (C=O) groups excluding carboxylic acids is 1. The summed E-state index contributed by atoms with van der Waals surface area (Å²) in [7, 11) is 3.89. The van der Waals surface area contributed by atoms with E-state index >= 15 is 0 Å². The lowest BCUT2D eigenvalue weighted by molar-refractivity contribution is 0.0944. The van der Waals surface area contributed by atoms with Crippen molar-refractivity contribution in [3.05, 3.63) is 107 Å². The largest absolute Gasteiger partial charge is 0.457 e. The van der Waals surface area contributed by atoms with E-state index in [1.165, 1.54) is 12.1 Å². The van der Waals surface area contributed by atoms with Gasteiger partial charge >= 0.3 is 0 Å². The van der Waals surface area contributed by atoms with E-state index in [1.54, 1.807) is 34.9 Å². The van der Waals surface area contributed by atoms with Crippen molar-refractivity contribution < 1.29 is 13.9 Å². The summed E-state index contributed by atoms with van der Waals surface area (Å²) in [4.78, 5) is 14.8. The molecule has 0 aliphatic rings. The van der Waals surface area contributed by atoms with Gasteiger partial charge in [-0.15, -0.1) is 0 Å². The molecule has 1 amide bonds. The van der Waals surface area contributed by atoms with E-state index in [0.29, 0.717) is 28.8 Å². The summed E-state index contributed by atoms with van der Waals surface area (Å²) in [6, 6.07) is 22.5. The summed E-state index contributed by atoms with van der Waals surface area (Å²) in [5.74, 6) is 0.656. The SMILES string of the molecule is CN(C)c1ccc(-n2cccc2C(=O)NCc2ccc(Oc3ccc(F)cc3)cc2)c(Cl)c1. The van der Waals surface area contributed by atoms with Crippen LogP contribution in [0.4, 0.5) is 10.1 Å². The van der Waals surface area contributed by atoms with Crippen LogP contribution in [0.15, 0.2) is 85.1 Å². The first-order chi connectivity index (χ1) is 15.9. The van der Waals surface area contributed by atoms with E-state index in [4.69, 9.17) is 16.3 Å². The molecule has 0 unspecified atom stereocenters. The van der Waals surface area contributed by atoms with Crippen LogP contribution < -0.4 is 15.0 Å². The first-order valence-electron chi connectivity index (χ1n) is 10.4. The fraction of sp³-hybridized carbons (Fsp3) is 0.115. The normalized spacial score (nSPS) is 10.7. The van der Waals surface area contributed by atoms with Crippen LogP contribution in [0, 0.1) is 5.82 Å². The molecule has 33 heavy (non-hydrogen) atoms. The third kappa shape index (κ3) is 5.35. The number of hydrogen-bond acceptors (Lipinski definition) is 3. The molecular weight excluding hydrogens is 441 g/mol. The molecule has 1 heterocycles. The highest BCUT2D eigenvalue weighted by Crippen LogP contribution is 2.27. The number of nitrogens with one attached hydrogen (secondary N) is 1. The fourth-order valence-corrected chi connectivity index (χ4v) is 3.60. The Morgan fingerprint density at radius 1 is 1.00 bits per heavy atom.